The molecule has 0 spiro atoms. The number of amides is 1. The number of benzene rings is 1. The van der Waals surface area contributed by atoms with Gasteiger partial charge in [-0.05, 0) is 42.7 Å². The number of thiophene rings is 1. The summed E-state index contributed by atoms with van der Waals surface area (Å²) in [7, 11) is -1.84. The lowest BCUT2D eigenvalue weighted by Gasteiger charge is -2.18. The zero-order valence-electron chi connectivity index (χ0n) is 16.0. The van der Waals surface area contributed by atoms with E-state index in [4.69, 9.17) is 4.74 Å². The van der Waals surface area contributed by atoms with Gasteiger partial charge in [0.1, 0.15) is 9.96 Å². The lowest BCUT2D eigenvalue weighted by atomic mass is 10.1. The number of hydrogen-bond donors (Lipinski definition) is 1. The molecule has 0 aliphatic carbocycles. The Morgan fingerprint density at radius 3 is 2.61 bits per heavy atom. The summed E-state index contributed by atoms with van der Waals surface area (Å²) in [6.45, 7) is 1.50. The Morgan fingerprint density at radius 1 is 1.14 bits per heavy atom. The summed E-state index contributed by atoms with van der Waals surface area (Å²) in [4.78, 5) is 13.0. The van der Waals surface area contributed by atoms with Crippen LogP contribution >= 0.6 is 11.3 Å². The van der Waals surface area contributed by atoms with Gasteiger partial charge in [0.05, 0.1) is 20.1 Å². The standard InChI is InChI=1S/C20H26N2O4S2/c1-26-17-8-6-7-16(13-17)14-19(23)21-15-18-9-10-20(27-18)28(24,25)22-11-4-2-3-5-12-22/h6-10,13H,2-5,11-12,14-15H2,1H3,(H,21,23). The number of nitrogens with zero attached hydrogens (tertiary/aromatic N) is 1. The van der Waals surface area contributed by atoms with E-state index in [9.17, 15) is 13.2 Å². The second-order valence-electron chi connectivity index (χ2n) is 6.84. The fourth-order valence-electron chi connectivity index (χ4n) is 3.22. The highest BCUT2D eigenvalue weighted by atomic mass is 32.2. The molecule has 152 valence electrons. The number of methoxy groups -OCH3 is 1. The lowest BCUT2D eigenvalue weighted by molar-refractivity contribution is -0.120. The van der Waals surface area contributed by atoms with Crippen LogP contribution in [0.3, 0.4) is 0 Å². The van der Waals surface area contributed by atoms with Gasteiger partial charge in [-0.1, -0.05) is 25.0 Å². The number of sulfonamides is 1. The molecule has 1 fully saturated rings. The van der Waals surface area contributed by atoms with Crippen LogP contribution in [0.5, 0.6) is 5.75 Å². The summed E-state index contributed by atoms with van der Waals surface area (Å²) in [6.07, 6.45) is 4.25. The first kappa shape index (κ1) is 20.8. The molecule has 3 rings (SSSR count). The van der Waals surface area contributed by atoms with Crippen molar-refractivity contribution in [1.29, 1.82) is 0 Å². The number of nitrogens with one attached hydrogen (secondary N) is 1. The molecule has 2 heterocycles. The van der Waals surface area contributed by atoms with Gasteiger partial charge >= 0.3 is 0 Å². The molecular weight excluding hydrogens is 396 g/mol. The predicted molar refractivity (Wildman–Crippen MR) is 110 cm³/mol. The van der Waals surface area contributed by atoms with Gasteiger partial charge in [-0.3, -0.25) is 4.79 Å². The fraction of sp³-hybridized carbons (Fsp3) is 0.450. The van der Waals surface area contributed by atoms with Crippen LogP contribution in [-0.2, 0) is 27.8 Å². The smallest absolute Gasteiger partial charge is 0.252 e. The van der Waals surface area contributed by atoms with E-state index >= 15 is 0 Å². The van der Waals surface area contributed by atoms with Crippen LogP contribution in [-0.4, -0.2) is 38.8 Å². The van der Waals surface area contributed by atoms with Crippen molar-refractivity contribution < 1.29 is 17.9 Å². The second kappa shape index (κ2) is 9.54. The van der Waals surface area contributed by atoms with Crippen molar-refractivity contribution in [3.63, 3.8) is 0 Å². The van der Waals surface area contributed by atoms with Gasteiger partial charge in [-0.15, -0.1) is 11.3 Å². The summed E-state index contributed by atoms with van der Waals surface area (Å²) in [5, 5.41) is 2.86. The Morgan fingerprint density at radius 2 is 1.89 bits per heavy atom. The minimum atomic E-state index is -3.43. The van der Waals surface area contributed by atoms with Crippen molar-refractivity contribution in [2.45, 2.75) is 42.9 Å². The largest absolute Gasteiger partial charge is 0.497 e. The zero-order valence-corrected chi connectivity index (χ0v) is 17.7. The van der Waals surface area contributed by atoms with Crippen molar-refractivity contribution >= 4 is 27.3 Å². The van der Waals surface area contributed by atoms with E-state index in [0.29, 0.717) is 29.6 Å². The van der Waals surface area contributed by atoms with Crippen molar-refractivity contribution in [3.8, 4) is 5.75 Å². The molecule has 1 aliphatic rings. The van der Waals surface area contributed by atoms with Crippen molar-refractivity contribution in [2.24, 2.45) is 0 Å². The molecule has 0 unspecified atom stereocenters. The van der Waals surface area contributed by atoms with E-state index in [2.05, 4.69) is 5.32 Å². The van der Waals surface area contributed by atoms with Gasteiger partial charge in [-0.2, -0.15) is 4.31 Å². The quantitative estimate of drug-likeness (QED) is 0.744. The Balaban J connectivity index is 1.57. The average Bonchev–Trinajstić information content (AvgIpc) is 3.00. The normalized spacial score (nSPS) is 15.8. The third kappa shape index (κ3) is 5.33. The maximum absolute atomic E-state index is 12.8. The first-order chi connectivity index (χ1) is 13.5. The highest BCUT2D eigenvalue weighted by molar-refractivity contribution is 7.91. The van der Waals surface area contributed by atoms with E-state index in [1.54, 1.807) is 23.5 Å². The first-order valence-corrected chi connectivity index (χ1v) is 11.7. The monoisotopic (exact) mass is 422 g/mol. The van der Waals surface area contributed by atoms with Crippen molar-refractivity contribution in [2.75, 3.05) is 20.2 Å². The van der Waals surface area contributed by atoms with E-state index in [1.807, 2.05) is 24.3 Å². The van der Waals surface area contributed by atoms with Crippen LogP contribution < -0.4 is 10.1 Å². The number of carbonyl (C=O) groups excluding carboxylic acids is 1. The van der Waals surface area contributed by atoms with Crippen LogP contribution in [0.2, 0.25) is 0 Å². The SMILES string of the molecule is COc1cccc(CC(=O)NCc2ccc(S(=O)(=O)N3CCCCCC3)s2)c1. The summed E-state index contributed by atoms with van der Waals surface area (Å²) >= 11 is 1.23. The molecule has 8 heteroatoms. The first-order valence-electron chi connectivity index (χ1n) is 9.47. The minimum Gasteiger partial charge on any atom is -0.497 e. The highest BCUT2D eigenvalue weighted by Gasteiger charge is 2.26. The summed E-state index contributed by atoms with van der Waals surface area (Å²) in [5.41, 5.74) is 0.868. The second-order valence-corrected chi connectivity index (χ2v) is 10.2. The molecule has 0 atom stereocenters. The predicted octanol–water partition coefficient (Wildman–Crippen LogP) is 3.18. The minimum absolute atomic E-state index is 0.112. The summed E-state index contributed by atoms with van der Waals surface area (Å²) < 4.78 is 32.8. The molecule has 1 aliphatic heterocycles. The maximum atomic E-state index is 12.8. The molecule has 0 saturated carbocycles. The molecule has 1 amide bonds. The lowest BCUT2D eigenvalue weighted by Crippen LogP contribution is -2.31. The Kier molecular flexibility index (Phi) is 7.09. The van der Waals surface area contributed by atoms with E-state index in [1.165, 1.54) is 11.3 Å². The molecule has 2 aromatic rings. The number of rotatable bonds is 7. The van der Waals surface area contributed by atoms with Gasteiger partial charge in [0.25, 0.3) is 10.0 Å². The maximum Gasteiger partial charge on any atom is 0.252 e. The molecule has 1 aromatic carbocycles. The third-order valence-corrected chi connectivity index (χ3v) is 8.21. The molecule has 28 heavy (non-hydrogen) atoms. The van der Waals surface area contributed by atoms with E-state index in [-0.39, 0.29) is 12.3 Å². The van der Waals surface area contributed by atoms with Crippen LogP contribution in [0.25, 0.3) is 0 Å². The summed E-state index contributed by atoms with van der Waals surface area (Å²) in [5.74, 6) is 0.602. The Hall–Kier alpha value is -1.90. The fourth-order valence-corrected chi connectivity index (χ4v) is 6.18. The van der Waals surface area contributed by atoms with Crippen molar-refractivity contribution in [3.05, 3.63) is 46.8 Å². The molecule has 1 saturated heterocycles. The van der Waals surface area contributed by atoms with Crippen LogP contribution in [0, 0.1) is 0 Å². The van der Waals surface area contributed by atoms with Crippen LogP contribution in [0.15, 0.2) is 40.6 Å². The molecule has 0 radical (unpaired) electrons. The molecule has 6 nitrogen and oxygen atoms in total. The van der Waals surface area contributed by atoms with Crippen LogP contribution in [0.1, 0.15) is 36.1 Å². The van der Waals surface area contributed by atoms with E-state index < -0.39 is 10.0 Å². The topological polar surface area (TPSA) is 75.7 Å². The van der Waals surface area contributed by atoms with Gasteiger partial charge in [0.15, 0.2) is 0 Å². The number of ether oxygens (including phenoxy) is 1. The number of carbonyl (C=O) groups is 1. The number of hydrogen-bond acceptors (Lipinski definition) is 5. The summed E-state index contributed by atoms with van der Waals surface area (Å²) in [6, 6.07) is 10.8. The third-order valence-electron chi connectivity index (χ3n) is 4.75. The molecule has 1 N–H and O–H groups in total. The Labute approximate surface area is 170 Å². The van der Waals surface area contributed by atoms with E-state index in [0.717, 1.165) is 36.1 Å². The average molecular weight is 423 g/mol. The van der Waals surface area contributed by atoms with Crippen molar-refractivity contribution in [1.82, 2.24) is 9.62 Å². The highest BCUT2D eigenvalue weighted by Crippen LogP contribution is 2.26. The zero-order chi connectivity index (χ0) is 20.0. The molecule has 0 bridgehead atoms. The Bertz CT molecular complexity index is 900. The molecular formula is C20H26N2O4S2. The van der Waals surface area contributed by atoms with Gasteiger partial charge in [0, 0.05) is 18.0 Å². The van der Waals surface area contributed by atoms with Gasteiger partial charge in [-0.25, -0.2) is 8.42 Å². The van der Waals surface area contributed by atoms with Gasteiger partial charge in [0.2, 0.25) is 5.91 Å². The molecule has 1 aromatic heterocycles. The van der Waals surface area contributed by atoms with Crippen LogP contribution in [0.4, 0.5) is 0 Å². The van der Waals surface area contributed by atoms with Gasteiger partial charge < -0.3 is 10.1 Å².